The number of carbonyl (C=O) groups is 1. The number of methoxy groups -OCH3 is 1. The molecule has 0 N–H and O–H groups in total. The summed E-state index contributed by atoms with van der Waals surface area (Å²) in [6, 6.07) is 17.8. The minimum atomic E-state index is -0.327. The minimum absolute atomic E-state index is 0.0139. The van der Waals surface area contributed by atoms with E-state index in [-0.39, 0.29) is 25.6 Å². The molecule has 2 atom stereocenters. The second kappa shape index (κ2) is 4.13. The lowest BCUT2D eigenvalue weighted by Crippen LogP contribution is -2.43. The molecule has 3 heteroatoms. The third-order valence-electron chi connectivity index (χ3n) is 7.90. The van der Waals surface area contributed by atoms with E-state index >= 15 is 0 Å². The number of ether oxygens (including phenoxy) is 1. The molecule has 2 aromatic rings. The lowest BCUT2D eigenvalue weighted by atomic mass is 9.55. The van der Waals surface area contributed by atoms with Crippen molar-refractivity contribution >= 4 is 28.6 Å². The summed E-state index contributed by atoms with van der Waals surface area (Å²) in [6.07, 6.45) is 4.09. The summed E-state index contributed by atoms with van der Waals surface area (Å²) in [5.41, 5.74) is 5.54. The fraction of sp³-hybridized carbons (Fsp3) is 0.409. The highest BCUT2D eigenvalue weighted by molar-refractivity contribution is 14.1. The Bertz CT molecular complexity index is 901. The van der Waals surface area contributed by atoms with Crippen molar-refractivity contribution in [2.45, 2.75) is 39.9 Å². The third-order valence-corrected chi connectivity index (χ3v) is 9.69. The molecule has 7 rings (SSSR count). The van der Waals surface area contributed by atoms with E-state index in [1.165, 1.54) is 22.3 Å². The molecule has 4 saturated carbocycles. The summed E-state index contributed by atoms with van der Waals surface area (Å²) in [5.74, 6) is 0.0139. The Labute approximate surface area is 161 Å². The predicted octanol–water partition coefficient (Wildman–Crippen LogP) is 4.78. The average molecular weight is 442 g/mol. The fourth-order valence-electron chi connectivity index (χ4n) is 7.26. The van der Waals surface area contributed by atoms with Gasteiger partial charge in [0.1, 0.15) is 0 Å². The summed E-state index contributed by atoms with van der Waals surface area (Å²) in [4.78, 5) is 13.0. The smallest absolute Gasteiger partial charge is 0.313 e. The van der Waals surface area contributed by atoms with Crippen LogP contribution < -0.4 is 0 Å². The minimum Gasteiger partial charge on any atom is -0.469 e. The quantitative estimate of drug-likeness (QED) is 0.361. The molecule has 126 valence electrons. The zero-order valence-electron chi connectivity index (χ0n) is 14.1. The zero-order chi connectivity index (χ0) is 17.1. The fourth-order valence-corrected chi connectivity index (χ4v) is 9.16. The Morgan fingerprint density at radius 3 is 1.84 bits per heavy atom. The van der Waals surface area contributed by atoms with Crippen LogP contribution >= 0.6 is 22.6 Å². The lowest BCUT2D eigenvalue weighted by molar-refractivity contribution is -0.152. The zero-order valence-corrected chi connectivity index (χ0v) is 16.3. The van der Waals surface area contributed by atoms with Gasteiger partial charge in [0, 0.05) is 14.3 Å². The van der Waals surface area contributed by atoms with E-state index in [2.05, 4.69) is 71.1 Å². The summed E-state index contributed by atoms with van der Waals surface area (Å²) >= 11 is 2.62. The molecular formula is C22H19IO2. The van der Waals surface area contributed by atoms with Crippen molar-refractivity contribution in [3.05, 3.63) is 59.7 Å². The second-order valence-corrected chi connectivity index (χ2v) is 10.6. The normalized spacial score (nSPS) is 41.4. The number of hydrogen-bond donors (Lipinski definition) is 0. The van der Waals surface area contributed by atoms with Gasteiger partial charge in [0.15, 0.2) is 0 Å². The Morgan fingerprint density at radius 1 is 0.880 bits per heavy atom. The molecule has 2 unspecified atom stereocenters. The van der Waals surface area contributed by atoms with E-state index in [1.807, 2.05) is 0 Å². The topological polar surface area (TPSA) is 26.3 Å². The van der Waals surface area contributed by atoms with Crippen LogP contribution in [0.2, 0.25) is 0 Å². The Hall–Kier alpha value is -1.36. The standard InChI is InChI=1S/C22H19IO2/c1-25-18(24)21-10-19-12-22(21,23)13-20(19,11-21)17-9-5-3-7-15(17)14-6-2-4-8-16(14)19/h2-9H,10-13H2,1H3. The molecule has 2 nitrogen and oxygen atoms in total. The molecule has 5 aliphatic rings. The molecule has 2 aromatic carbocycles. The van der Waals surface area contributed by atoms with E-state index in [1.54, 1.807) is 7.11 Å². The molecule has 0 aromatic heterocycles. The van der Waals surface area contributed by atoms with Crippen LogP contribution in [0.1, 0.15) is 36.8 Å². The van der Waals surface area contributed by atoms with Gasteiger partial charge in [0.25, 0.3) is 0 Å². The van der Waals surface area contributed by atoms with Crippen molar-refractivity contribution in [1.82, 2.24) is 0 Å². The Morgan fingerprint density at radius 2 is 1.36 bits per heavy atom. The van der Waals surface area contributed by atoms with Gasteiger partial charge in [-0.25, -0.2) is 0 Å². The lowest BCUT2D eigenvalue weighted by Gasteiger charge is -2.47. The van der Waals surface area contributed by atoms with Crippen LogP contribution in [0.3, 0.4) is 0 Å². The number of benzene rings is 2. The Kier molecular flexibility index (Phi) is 2.44. The van der Waals surface area contributed by atoms with E-state index in [0.29, 0.717) is 0 Å². The Balaban J connectivity index is 1.73. The number of fused-ring (bicyclic) bond motifs is 3. The van der Waals surface area contributed by atoms with Gasteiger partial charge in [0.2, 0.25) is 0 Å². The van der Waals surface area contributed by atoms with Crippen LogP contribution in [0, 0.1) is 5.41 Å². The van der Waals surface area contributed by atoms with Crippen molar-refractivity contribution in [3.8, 4) is 11.1 Å². The number of halogens is 1. The predicted molar refractivity (Wildman–Crippen MR) is 105 cm³/mol. The highest BCUT2D eigenvalue weighted by atomic mass is 127. The van der Waals surface area contributed by atoms with E-state index in [9.17, 15) is 4.79 Å². The van der Waals surface area contributed by atoms with Gasteiger partial charge in [-0.3, -0.25) is 4.79 Å². The first-order valence-corrected chi connectivity index (χ1v) is 10.1. The molecule has 0 radical (unpaired) electrons. The maximum Gasteiger partial charge on any atom is 0.313 e. The largest absolute Gasteiger partial charge is 0.469 e. The average Bonchev–Trinajstić information content (AvgIpc) is 3.25. The highest BCUT2D eigenvalue weighted by Crippen LogP contribution is 2.87. The molecule has 5 aliphatic carbocycles. The SMILES string of the molecule is COC(=O)C12CC34CC1(I)CC3(C2)c1ccccc1-c1ccccc14. The molecule has 4 fully saturated rings. The maximum atomic E-state index is 13.0. The monoisotopic (exact) mass is 442 g/mol. The number of carbonyl (C=O) groups excluding carboxylic acids is 1. The van der Waals surface area contributed by atoms with Gasteiger partial charge >= 0.3 is 5.97 Å². The van der Waals surface area contributed by atoms with Crippen molar-refractivity contribution in [3.63, 3.8) is 0 Å². The van der Waals surface area contributed by atoms with Crippen molar-refractivity contribution < 1.29 is 9.53 Å². The van der Waals surface area contributed by atoms with Gasteiger partial charge in [0.05, 0.1) is 12.5 Å². The van der Waals surface area contributed by atoms with Crippen LogP contribution in [-0.4, -0.2) is 16.5 Å². The van der Waals surface area contributed by atoms with Gasteiger partial charge in [-0.05, 0) is 47.9 Å². The van der Waals surface area contributed by atoms with Gasteiger partial charge in [-0.2, -0.15) is 0 Å². The molecule has 0 heterocycles. The van der Waals surface area contributed by atoms with E-state index in [0.717, 1.165) is 25.7 Å². The van der Waals surface area contributed by atoms with Crippen LogP contribution in [0.4, 0.5) is 0 Å². The van der Waals surface area contributed by atoms with Crippen LogP contribution in [0.5, 0.6) is 0 Å². The maximum absolute atomic E-state index is 13.0. The van der Waals surface area contributed by atoms with Gasteiger partial charge in [-0.1, -0.05) is 71.1 Å². The molecule has 25 heavy (non-hydrogen) atoms. The molecule has 0 saturated heterocycles. The molecule has 4 bridgehead atoms. The van der Waals surface area contributed by atoms with Gasteiger partial charge in [-0.15, -0.1) is 0 Å². The molecular weight excluding hydrogens is 423 g/mol. The van der Waals surface area contributed by atoms with Crippen molar-refractivity contribution in [2.75, 3.05) is 7.11 Å². The first kappa shape index (κ1) is 14.8. The number of esters is 1. The highest BCUT2D eigenvalue weighted by Gasteiger charge is 2.87. The van der Waals surface area contributed by atoms with Gasteiger partial charge < -0.3 is 4.74 Å². The van der Waals surface area contributed by atoms with Crippen LogP contribution in [-0.2, 0) is 20.4 Å². The summed E-state index contributed by atoms with van der Waals surface area (Å²) < 4.78 is 5.37. The molecule has 0 amide bonds. The first-order chi connectivity index (χ1) is 12.0. The van der Waals surface area contributed by atoms with E-state index in [4.69, 9.17) is 4.74 Å². The third kappa shape index (κ3) is 1.28. The number of hydrogen-bond acceptors (Lipinski definition) is 2. The van der Waals surface area contributed by atoms with Crippen LogP contribution in [0.25, 0.3) is 11.1 Å². The summed E-state index contributed by atoms with van der Waals surface area (Å²) in [7, 11) is 1.56. The van der Waals surface area contributed by atoms with Crippen molar-refractivity contribution in [1.29, 1.82) is 0 Å². The van der Waals surface area contributed by atoms with Crippen LogP contribution in [0.15, 0.2) is 48.5 Å². The molecule has 2 spiro atoms. The first-order valence-electron chi connectivity index (χ1n) is 8.99. The van der Waals surface area contributed by atoms with Crippen molar-refractivity contribution in [2.24, 2.45) is 5.41 Å². The van der Waals surface area contributed by atoms with E-state index < -0.39 is 0 Å². The summed E-state index contributed by atoms with van der Waals surface area (Å²) in [6.45, 7) is 0. The second-order valence-electron chi connectivity index (χ2n) is 8.50. The summed E-state index contributed by atoms with van der Waals surface area (Å²) in [5, 5.41) is 0. The molecule has 0 aliphatic heterocycles. The number of rotatable bonds is 1. The number of alkyl halides is 1.